The smallest absolute Gasteiger partial charge is 0.338 e. The number of hydrogen-bond donors (Lipinski definition) is 3. The Labute approximate surface area is 273 Å². The molecule has 0 saturated carbocycles. The SMILES string of the molecule is Cc1ccc2c(c1)N(CC(=O)c1cccs1)C(=O)C(N)(NC(=O)Nc1cccc(C(=O)OC(C)(C)C)c1)CN2C(=O)CC(C)(C)C. The van der Waals surface area contributed by atoms with Gasteiger partial charge in [0.25, 0.3) is 5.91 Å². The Kier molecular flexibility index (Phi) is 9.74. The molecule has 1 aliphatic heterocycles. The molecular weight excluding hydrogens is 606 g/mol. The summed E-state index contributed by atoms with van der Waals surface area (Å²) in [5.41, 5.74) is 5.48. The topological polar surface area (TPSA) is 151 Å². The third kappa shape index (κ3) is 8.38. The van der Waals surface area contributed by atoms with E-state index in [0.717, 1.165) is 5.56 Å². The first kappa shape index (κ1) is 34.3. The van der Waals surface area contributed by atoms with Crippen molar-refractivity contribution in [2.75, 3.05) is 28.2 Å². The zero-order valence-electron chi connectivity index (χ0n) is 27.2. The fourth-order valence-corrected chi connectivity index (χ4v) is 5.59. The third-order valence-corrected chi connectivity index (χ3v) is 7.83. The summed E-state index contributed by atoms with van der Waals surface area (Å²) in [6, 6.07) is 13.9. The number of aryl methyl sites for hydroxylation is 1. The van der Waals surface area contributed by atoms with Gasteiger partial charge in [-0.15, -0.1) is 11.3 Å². The molecule has 12 heteroatoms. The van der Waals surface area contributed by atoms with Crippen LogP contribution in [-0.2, 0) is 14.3 Å². The van der Waals surface area contributed by atoms with E-state index in [1.807, 2.05) is 27.7 Å². The van der Waals surface area contributed by atoms with E-state index >= 15 is 0 Å². The molecule has 4 amide bonds. The molecule has 0 fully saturated rings. The maximum atomic E-state index is 14.4. The Hall–Kier alpha value is -4.55. The molecule has 0 radical (unpaired) electrons. The summed E-state index contributed by atoms with van der Waals surface area (Å²) < 4.78 is 5.43. The van der Waals surface area contributed by atoms with Gasteiger partial charge in [-0.1, -0.05) is 39.0 Å². The fraction of sp³-hybridized carbons (Fsp3) is 0.382. The largest absolute Gasteiger partial charge is 0.456 e. The van der Waals surface area contributed by atoms with Crippen molar-refractivity contribution in [2.45, 2.75) is 66.2 Å². The molecule has 1 unspecified atom stereocenters. The number of ketones is 1. The molecule has 0 bridgehead atoms. The molecule has 2 heterocycles. The number of carbonyl (C=O) groups is 5. The predicted octanol–water partition coefficient (Wildman–Crippen LogP) is 5.49. The molecule has 0 spiro atoms. The number of esters is 1. The number of urea groups is 1. The van der Waals surface area contributed by atoms with Crippen LogP contribution in [0.15, 0.2) is 60.0 Å². The van der Waals surface area contributed by atoms with Gasteiger partial charge in [-0.25, -0.2) is 9.59 Å². The first-order chi connectivity index (χ1) is 21.3. The Morgan fingerprint density at radius 1 is 0.978 bits per heavy atom. The molecule has 3 aromatic rings. The predicted molar refractivity (Wildman–Crippen MR) is 179 cm³/mol. The maximum absolute atomic E-state index is 14.4. The van der Waals surface area contributed by atoms with Crippen LogP contribution in [0.4, 0.5) is 21.9 Å². The first-order valence-electron chi connectivity index (χ1n) is 14.9. The first-order valence-corrected chi connectivity index (χ1v) is 15.7. The number of rotatable bonds is 7. The Morgan fingerprint density at radius 3 is 2.33 bits per heavy atom. The van der Waals surface area contributed by atoms with Crippen molar-refractivity contribution in [1.29, 1.82) is 0 Å². The summed E-state index contributed by atoms with van der Waals surface area (Å²) in [5, 5.41) is 6.96. The van der Waals surface area contributed by atoms with Crippen LogP contribution in [0.25, 0.3) is 0 Å². The third-order valence-electron chi connectivity index (χ3n) is 6.92. The van der Waals surface area contributed by atoms with Crippen LogP contribution >= 0.6 is 11.3 Å². The van der Waals surface area contributed by atoms with Gasteiger partial charge in [0.05, 0.1) is 34.9 Å². The molecule has 4 N–H and O–H groups in total. The minimum absolute atomic E-state index is 0.127. The van der Waals surface area contributed by atoms with Crippen LogP contribution in [-0.4, -0.2) is 54.0 Å². The molecule has 0 saturated heterocycles. The second kappa shape index (κ2) is 13.1. The number of hydrogen-bond acceptors (Lipinski definition) is 8. The maximum Gasteiger partial charge on any atom is 0.338 e. The summed E-state index contributed by atoms with van der Waals surface area (Å²) in [6.45, 7) is 12.1. The standard InChI is InChI=1S/C34H41N5O6S/c1-21-13-14-24-25(16-21)38(19-26(40)27-12-9-15-46-27)30(43)34(35,20-39(24)28(41)18-32(2,3)4)37-31(44)36-23-11-8-10-22(17-23)29(42)45-33(5,6)7/h8-17H,18-20,35H2,1-7H3,(H2,36,37,44). The minimum Gasteiger partial charge on any atom is -0.456 e. The van der Waals surface area contributed by atoms with E-state index in [1.54, 1.807) is 74.7 Å². The number of amides is 4. The molecular formula is C34H41N5O6S. The van der Waals surface area contributed by atoms with E-state index in [4.69, 9.17) is 10.5 Å². The number of nitrogens with zero attached hydrogens (tertiary/aromatic N) is 2. The highest BCUT2D eigenvalue weighted by molar-refractivity contribution is 7.12. The summed E-state index contributed by atoms with van der Waals surface area (Å²) in [7, 11) is 0. The number of ether oxygens (including phenoxy) is 1. The lowest BCUT2D eigenvalue weighted by Crippen LogP contribution is -2.70. The second-order valence-electron chi connectivity index (χ2n) is 13.6. The lowest BCUT2D eigenvalue weighted by Gasteiger charge is -2.34. The zero-order valence-corrected chi connectivity index (χ0v) is 28.0. The molecule has 11 nitrogen and oxygen atoms in total. The average Bonchev–Trinajstić information content (AvgIpc) is 3.46. The number of nitrogens with one attached hydrogen (secondary N) is 2. The van der Waals surface area contributed by atoms with Crippen LogP contribution in [0, 0.1) is 12.3 Å². The molecule has 46 heavy (non-hydrogen) atoms. The van der Waals surface area contributed by atoms with E-state index in [2.05, 4.69) is 10.6 Å². The van der Waals surface area contributed by atoms with Crippen LogP contribution in [0.5, 0.6) is 0 Å². The van der Waals surface area contributed by atoms with E-state index < -0.39 is 41.1 Å². The van der Waals surface area contributed by atoms with E-state index in [9.17, 15) is 24.0 Å². The second-order valence-corrected chi connectivity index (χ2v) is 14.6. The van der Waals surface area contributed by atoms with Crippen LogP contribution in [0.1, 0.15) is 73.6 Å². The van der Waals surface area contributed by atoms with Crippen molar-refractivity contribution in [3.8, 4) is 0 Å². The van der Waals surface area contributed by atoms with Gasteiger partial charge in [-0.2, -0.15) is 0 Å². The normalized spacial score (nSPS) is 16.7. The quantitative estimate of drug-likeness (QED) is 0.174. The molecule has 244 valence electrons. The molecule has 0 aliphatic carbocycles. The van der Waals surface area contributed by atoms with Gasteiger partial charge in [-0.05, 0) is 80.5 Å². The Bertz CT molecular complexity index is 1660. The molecule has 1 aromatic heterocycles. The van der Waals surface area contributed by atoms with Gasteiger partial charge in [0, 0.05) is 12.1 Å². The number of benzene rings is 2. The van der Waals surface area contributed by atoms with Crippen LogP contribution in [0.3, 0.4) is 0 Å². The number of fused-ring (bicyclic) bond motifs is 1. The lowest BCUT2D eigenvalue weighted by atomic mass is 9.91. The van der Waals surface area contributed by atoms with Gasteiger partial charge in [-0.3, -0.25) is 25.0 Å². The molecule has 1 atom stereocenters. The van der Waals surface area contributed by atoms with E-state index in [0.29, 0.717) is 16.3 Å². The Morgan fingerprint density at radius 2 is 1.70 bits per heavy atom. The number of anilines is 3. The number of carbonyl (C=O) groups excluding carboxylic acids is 5. The van der Waals surface area contributed by atoms with Crippen molar-refractivity contribution in [1.82, 2.24) is 5.32 Å². The highest BCUT2D eigenvalue weighted by atomic mass is 32.1. The number of nitrogens with two attached hydrogens (primary N) is 1. The molecule has 2 aromatic carbocycles. The summed E-state index contributed by atoms with van der Waals surface area (Å²) >= 11 is 1.24. The van der Waals surface area contributed by atoms with Gasteiger partial charge >= 0.3 is 12.0 Å². The fourth-order valence-electron chi connectivity index (χ4n) is 4.94. The monoisotopic (exact) mass is 647 g/mol. The van der Waals surface area contributed by atoms with E-state index in [1.165, 1.54) is 27.2 Å². The van der Waals surface area contributed by atoms with Gasteiger partial charge in [0.1, 0.15) is 5.60 Å². The zero-order chi connectivity index (χ0) is 34.0. The lowest BCUT2D eigenvalue weighted by molar-refractivity contribution is -0.124. The van der Waals surface area contributed by atoms with E-state index in [-0.39, 0.29) is 35.9 Å². The Balaban J connectivity index is 1.71. The summed E-state index contributed by atoms with van der Waals surface area (Å²) in [6.07, 6.45) is 0.127. The van der Waals surface area contributed by atoms with Crippen molar-refractivity contribution in [3.05, 3.63) is 76.0 Å². The van der Waals surface area contributed by atoms with Crippen molar-refractivity contribution in [2.24, 2.45) is 11.1 Å². The van der Waals surface area contributed by atoms with Crippen molar-refractivity contribution < 1.29 is 28.7 Å². The van der Waals surface area contributed by atoms with Crippen molar-refractivity contribution >= 4 is 58.0 Å². The molecule has 4 rings (SSSR count). The van der Waals surface area contributed by atoms with Crippen molar-refractivity contribution in [3.63, 3.8) is 0 Å². The highest BCUT2D eigenvalue weighted by Gasteiger charge is 2.47. The molecule has 1 aliphatic rings. The highest BCUT2D eigenvalue weighted by Crippen LogP contribution is 2.37. The number of Topliss-reactive ketones (excluding diaryl/α,β-unsaturated/α-hetero) is 1. The van der Waals surface area contributed by atoms with Crippen LogP contribution in [0.2, 0.25) is 0 Å². The minimum atomic E-state index is -2.15. The average molecular weight is 648 g/mol. The summed E-state index contributed by atoms with van der Waals surface area (Å²) in [4.78, 5) is 70.6. The van der Waals surface area contributed by atoms with Gasteiger partial charge in [0.15, 0.2) is 11.4 Å². The van der Waals surface area contributed by atoms with Gasteiger partial charge < -0.3 is 20.3 Å². The number of thiophene rings is 1. The summed E-state index contributed by atoms with van der Waals surface area (Å²) in [5.74, 6) is -1.97. The van der Waals surface area contributed by atoms with Gasteiger partial charge in [0.2, 0.25) is 5.91 Å². The van der Waals surface area contributed by atoms with Crippen LogP contribution < -0.4 is 26.2 Å².